The normalized spacial score (nSPS) is 11.0. The van der Waals surface area contributed by atoms with Crippen LogP contribution in [0.25, 0.3) is 44.4 Å². The van der Waals surface area contributed by atoms with E-state index in [1.165, 1.54) is 33.2 Å². The summed E-state index contributed by atoms with van der Waals surface area (Å²) < 4.78 is 0. The molecule has 0 atom stereocenters. The molecule has 5 aromatic rings. The summed E-state index contributed by atoms with van der Waals surface area (Å²) in [6.07, 6.45) is 1.06. The molecule has 1 nitrogen and oxygen atoms in total. The van der Waals surface area contributed by atoms with E-state index in [0.717, 1.165) is 23.2 Å². The van der Waals surface area contributed by atoms with Crippen molar-refractivity contribution in [2.45, 2.75) is 13.3 Å². The molecule has 0 N–H and O–H groups in total. The highest BCUT2D eigenvalue weighted by Gasteiger charge is 2.08. The van der Waals surface area contributed by atoms with Gasteiger partial charge in [-0.1, -0.05) is 97.9 Å². The number of aromatic nitrogens is 1. The number of hydrogen-bond donors (Lipinski definition) is 0. The number of rotatable bonds is 4. The molecule has 4 aromatic carbocycles. The second-order valence-electron chi connectivity index (χ2n) is 7.57. The van der Waals surface area contributed by atoms with E-state index >= 15 is 0 Å². The van der Waals surface area contributed by atoms with Crippen LogP contribution in [0.15, 0.2) is 109 Å². The Morgan fingerprint density at radius 2 is 1.30 bits per heavy atom. The first kappa shape index (κ1) is 18.3. The van der Waals surface area contributed by atoms with Crippen LogP contribution in [0.2, 0.25) is 0 Å². The van der Waals surface area contributed by atoms with Gasteiger partial charge in [-0.3, -0.25) is 0 Å². The van der Waals surface area contributed by atoms with Crippen molar-refractivity contribution in [1.82, 2.24) is 4.98 Å². The lowest BCUT2D eigenvalue weighted by molar-refractivity contribution is 1.14. The molecule has 144 valence electrons. The van der Waals surface area contributed by atoms with Crippen molar-refractivity contribution in [1.29, 1.82) is 0 Å². The highest BCUT2D eigenvalue weighted by Crippen LogP contribution is 2.31. The Kier molecular flexibility index (Phi) is 4.86. The van der Waals surface area contributed by atoms with Gasteiger partial charge in [0.2, 0.25) is 0 Å². The fraction of sp³-hybridized carbons (Fsp3) is 0.0690. The molecule has 5 rings (SSSR count). The Hall–Kier alpha value is -3.71. The third kappa shape index (κ3) is 3.51. The zero-order chi connectivity index (χ0) is 20.3. The van der Waals surface area contributed by atoms with Crippen LogP contribution in [0.4, 0.5) is 0 Å². The lowest BCUT2D eigenvalue weighted by Gasteiger charge is -2.10. The molecule has 0 saturated carbocycles. The molecule has 1 heteroatoms. The summed E-state index contributed by atoms with van der Waals surface area (Å²) in [5.41, 5.74) is 9.41. The van der Waals surface area contributed by atoms with Crippen LogP contribution in [0.1, 0.15) is 12.5 Å². The summed E-state index contributed by atoms with van der Waals surface area (Å²) in [4.78, 5) is 4.99. The van der Waals surface area contributed by atoms with Crippen molar-refractivity contribution in [3.8, 4) is 33.5 Å². The maximum Gasteiger partial charge on any atom is 0.0715 e. The third-order valence-corrected chi connectivity index (χ3v) is 5.67. The standard InChI is InChI=1S/C29H23N/c1-2-21-14-16-22(17-15-21)24-10-6-11-25(20-24)28-19-18-27-26(12-7-13-29(27)30-28)23-8-4-3-5-9-23/h3-20H,2H2,1H3. The molecule has 0 aliphatic heterocycles. The van der Waals surface area contributed by atoms with Crippen molar-refractivity contribution in [3.63, 3.8) is 0 Å². The molecule has 0 bridgehead atoms. The van der Waals surface area contributed by atoms with Crippen molar-refractivity contribution in [3.05, 3.63) is 115 Å². The van der Waals surface area contributed by atoms with Gasteiger partial charge in [0.1, 0.15) is 0 Å². The van der Waals surface area contributed by atoms with Crippen LogP contribution >= 0.6 is 0 Å². The molecule has 0 unspecified atom stereocenters. The highest BCUT2D eigenvalue weighted by atomic mass is 14.7. The summed E-state index contributed by atoms with van der Waals surface area (Å²) in [5.74, 6) is 0. The number of aryl methyl sites for hydroxylation is 1. The van der Waals surface area contributed by atoms with Gasteiger partial charge in [-0.2, -0.15) is 0 Å². The largest absolute Gasteiger partial charge is 0.248 e. The average Bonchev–Trinajstić information content (AvgIpc) is 2.84. The van der Waals surface area contributed by atoms with E-state index in [0.29, 0.717) is 0 Å². The fourth-order valence-corrected chi connectivity index (χ4v) is 3.98. The minimum atomic E-state index is 1.000. The second-order valence-corrected chi connectivity index (χ2v) is 7.57. The molecule has 0 spiro atoms. The van der Waals surface area contributed by atoms with Gasteiger partial charge in [-0.15, -0.1) is 0 Å². The smallest absolute Gasteiger partial charge is 0.0715 e. The Labute approximate surface area is 177 Å². The van der Waals surface area contributed by atoms with Crippen LogP contribution in [-0.4, -0.2) is 4.98 Å². The number of fused-ring (bicyclic) bond motifs is 1. The first-order chi connectivity index (χ1) is 14.8. The molecular formula is C29H23N. The van der Waals surface area contributed by atoms with E-state index in [4.69, 9.17) is 4.98 Å². The van der Waals surface area contributed by atoms with E-state index in [9.17, 15) is 0 Å². The SMILES string of the molecule is CCc1ccc(-c2cccc(-c3ccc4c(-c5ccccc5)cccc4n3)c2)cc1. The first-order valence-corrected chi connectivity index (χ1v) is 10.5. The monoisotopic (exact) mass is 385 g/mol. The maximum absolute atomic E-state index is 4.99. The van der Waals surface area contributed by atoms with Crippen LogP contribution in [-0.2, 0) is 6.42 Å². The molecule has 0 saturated heterocycles. The summed E-state index contributed by atoms with van der Waals surface area (Å²) in [6.45, 7) is 2.18. The topological polar surface area (TPSA) is 12.9 Å². The highest BCUT2D eigenvalue weighted by molar-refractivity contribution is 5.95. The van der Waals surface area contributed by atoms with Gasteiger partial charge in [0.05, 0.1) is 11.2 Å². The molecule has 0 aliphatic rings. The fourth-order valence-electron chi connectivity index (χ4n) is 3.98. The van der Waals surface area contributed by atoms with E-state index in [2.05, 4.69) is 110 Å². The Balaban J connectivity index is 1.55. The summed E-state index contributed by atoms with van der Waals surface area (Å²) >= 11 is 0. The Morgan fingerprint density at radius 1 is 0.567 bits per heavy atom. The van der Waals surface area contributed by atoms with Crippen LogP contribution in [0.5, 0.6) is 0 Å². The maximum atomic E-state index is 4.99. The second kappa shape index (κ2) is 7.96. The van der Waals surface area contributed by atoms with E-state index < -0.39 is 0 Å². The van der Waals surface area contributed by atoms with Gasteiger partial charge >= 0.3 is 0 Å². The number of nitrogens with zero attached hydrogens (tertiary/aromatic N) is 1. The van der Waals surface area contributed by atoms with Crippen LogP contribution in [0, 0.1) is 0 Å². The minimum absolute atomic E-state index is 1.000. The van der Waals surface area contributed by atoms with Crippen molar-refractivity contribution in [2.24, 2.45) is 0 Å². The van der Waals surface area contributed by atoms with Crippen molar-refractivity contribution >= 4 is 10.9 Å². The molecule has 0 radical (unpaired) electrons. The van der Waals surface area contributed by atoms with Gasteiger partial charge in [-0.05, 0) is 52.4 Å². The summed E-state index contributed by atoms with van der Waals surface area (Å²) in [5, 5.41) is 1.18. The van der Waals surface area contributed by atoms with Gasteiger partial charge in [0.25, 0.3) is 0 Å². The number of benzene rings is 4. The molecule has 1 heterocycles. The molecule has 30 heavy (non-hydrogen) atoms. The Morgan fingerprint density at radius 3 is 2.10 bits per heavy atom. The van der Waals surface area contributed by atoms with Crippen molar-refractivity contribution < 1.29 is 0 Å². The molecule has 0 amide bonds. The lowest BCUT2D eigenvalue weighted by atomic mass is 9.98. The summed E-state index contributed by atoms with van der Waals surface area (Å²) in [6, 6.07) is 38.7. The van der Waals surface area contributed by atoms with Gasteiger partial charge in [0.15, 0.2) is 0 Å². The number of pyridine rings is 1. The predicted molar refractivity (Wildman–Crippen MR) is 127 cm³/mol. The number of hydrogen-bond acceptors (Lipinski definition) is 1. The van der Waals surface area contributed by atoms with Crippen molar-refractivity contribution in [2.75, 3.05) is 0 Å². The molecule has 0 fully saturated rings. The van der Waals surface area contributed by atoms with Crippen LogP contribution < -0.4 is 0 Å². The minimum Gasteiger partial charge on any atom is -0.248 e. The quantitative estimate of drug-likeness (QED) is 0.307. The zero-order valence-electron chi connectivity index (χ0n) is 17.0. The molecular weight excluding hydrogens is 362 g/mol. The molecule has 0 aliphatic carbocycles. The predicted octanol–water partition coefficient (Wildman–Crippen LogP) is 7.80. The third-order valence-electron chi connectivity index (χ3n) is 5.67. The van der Waals surface area contributed by atoms with Gasteiger partial charge < -0.3 is 0 Å². The van der Waals surface area contributed by atoms with E-state index in [-0.39, 0.29) is 0 Å². The molecule has 1 aromatic heterocycles. The van der Waals surface area contributed by atoms with E-state index in [1.54, 1.807) is 0 Å². The van der Waals surface area contributed by atoms with Crippen LogP contribution in [0.3, 0.4) is 0 Å². The van der Waals surface area contributed by atoms with Gasteiger partial charge in [-0.25, -0.2) is 4.98 Å². The zero-order valence-corrected chi connectivity index (χ0v) is 17.0. The summed E-state index contributed by atoms with van der Waals surface area (Å²) in [7, 11) is 0. The lowest BCUT2D eigenvalue weighted by Crippen LogP contribution is -1.89. The van der Waals surface area contributed by atoms with Gasteiger partial charge in [0, 0.05) is 10.9 Å². The Bertz CT molecular complexity index is 1300. The first-order valence-electron chi connectivity index (χ1n) is 10.5. The average molecular weight is 386 g/mol. The van der Waals surface area contributed by atoms with E-state index in [1.807, 2.05) is 6.07 Å².